The van der Waals surface area contributed by atoms with Crippen molar-refractivity contribution < 1.29 is 4.79 Å². The van der Waals surface area contributed by atoms with Crippen LogP contribution in [0.4, 0.5) is 5.69 Å². The summed E-state index contributed by atoms with van der Waals surface area (Å²) in [7, 11) is 1.88. The number of rotatable bonds is 6. The number of ketones is 1. The van der Waals surface area contributed by atoms with Crippen LogP contribution in [-0.2, 0) is 18.3 Å². The van der Waals surface area contributed by atoms with E-state index in [1.54, 1.807) is 10.9 Å². The number of carbonyl (C=O) groups excluding carboxylic acids is 1. The van der Waals surface area contributed by atoms with Crippen LogP contribution in [0.1, 0.15) is 12.0 Å². The number of para-hydroxylation sites is 1. The Labute approximate surface area is 107 Å². The molecular weight excluding hydrogens is 226 g/mol. The largest absolute Gasteiger partial charge is 0.378 e. The van der Waals surface area contributed by atoms with Gasteiger partial charge in [0.2, 0.25) is 0 Å². The molecule has 2 rings (SSSR count). The molecule has 1 heterocycles. The predicted octanol–water partition coefficient (Wildman–Crippen LogP) is 2.03. The van der Waals surface area contributed by atoms with Crippen molar-refractivity contribution in [2.45, 2.75) is 12.8 Å². The second kappa shape index (κ2) is 6.00. The monoisotopic (exact) mass is 243 g/mol. The van der Waals surface area contributed by atoms with Crippen LogP contribution in [0.15, 0.2) is 42.7 Å². The van der Waals surface area contributed by atoms with Gasteiger partial charge < -0.3 is 5.32 Å². The highest BCUT2D eigenvalue weighted by atomic mass is 16.1. The first kappa shape index (κ1) is 12.4. The summed E-state index contributed by atoms with van der Waals surface area (Å²) in [6, 6.07) is 9.75. The van der Waals surface area contributed by atoms with Gasteiger partial charge in [-0.25, -0.2) is 0 Å². The van der Waals surface area contributed by atoms with E-state index >= 15 is 0 Å². The lowest BCUT2D eigenvalue weighted by Crippen LogP contribution is -2.14. The van der Waals surface area contributed by atoms with Gasteiger partial charge in [-0.05, 0) is 24.1 Å². The molecule has 0 atom stereocenters. The Hall–Kier alpha value is -2.10. The fraction of sp³-hybridized carbons (Fsp3) is 0.286. The molecule has 0 aliphatic carbocycles. The quantitative estimate of drug-likeness (QED) is 0.844. The second-order valence-corrected chi connectivity index (χ2v) is 4.28. The number of nitrogens with zero attached hydrogens (tertiary/aromatic N) is 2. The molecule has 0 fully saturated rings. The zero-order valence-electron chi connectivity index (χ0n) is 10.5. The van der Waals surface area contributed by atoms with Crippen molar-refractivity contribution in [3.05, 3.63) is 48.3 Å². The first-order valence-electron chi connectivity index (χ1n) is 6.02. The number of hydrogen-bond donors (Lipinski definition) is 1. The van der Waals surface area contributed by atoms with Gasteiger partial charge in [-0.15, -0.1) is 0 Å². The van der Waals surface area contributed by atoms with Gasteiger partial charge in [-0.3, -0.25) is 9.48 Å². The number of benzene rings is 1. The smallest absolute Gasteiger partial charge is 0.152 e. The highest BCUT2D eigenvalue weighted by Gasteiger charge is 2.03. The molecular formula is C14H17N3O. The molecule has 0 saturated carbocycles. The molecule has 0 bridgehead atoms. The fourth-order valence-electron chi connectivity index (χ4n) is 1.73. The van der Waals surface area contributed by atoms with Gasteiger partial charge in [0.05, 0.1) is 12.7 Å². The van der Waals surface area contributed by atoms with Gasteiger partial charge in [-0.2, -0.15) is 5.10 Å². The van der Waals surface area contributed by atoms with Crippen LogP contribution < -0.4 is 5.32 Å². The second-order valence-electron chi connectivity index (χ2n) is 4.28. The van der Waals surface area contributed by atoms with Crippen LogP contribution in [0.2, 0.25) is 0 Å². The molecule has 2 aromatic rings. The highest BCUT2D eigenvalue weighted by molar-refractivity contribution is 5.83. The van der Waals surface area contributed by atoms with Gasteiger partial charge in [0, 0.05) is 25.4 Å². The minimum absolute atomic E-state index is 0.211. The number of anilines is 1. The van der Waals surface area contributed by atoms with Crippen molar-refractivity contribution in [1.82, 2.24) is 9.78 Å². The number of aromatic nitrogens is 2. The van der Waals surface area contributed by atoms with E-state index in [1.807, 2.05) is 43.6 Å². The average molecular weight is 243 g/mol. The summed E-state index contributed by atoms with van der Waals surface area (Å²) in [5.74, 6) is 0.211. The molecule has 0 aliphatic heterocycles. The topological polar surface area (TPSA) is 46.9 Å². The summed E-state index contributed by atoms with van der Waals surface area (Å²) in [6.45, 7) is 0.379. The normalized spacial score (nSPS) is 10.3. The van der Waals surface area contributed by atoms with E-state index in [0.717, 1.165) is 17.7 Å². The Kier molecular flexibility index (Phi) is 4.12. The van der Waals surface area contributed by atoms with Crippen molar-refractivity contribution in [3.63, 3.8) is 0 Å². The SMILES string of the molecule is Cn1cc(CCC(=O)CNc2ccccc2)cn1. The number of nitrogens with one attached hydrogen (secondary N) is 1. The number of hydrogen-bond acceptors (Lipinski definition) is 3. The summed E-state index contributed by atoms with van der Waals surface area (Å²) in [5.41, 5.74) is 2.08. The molecule has 94 valence electrons. The maximum atomic E-state index is 11.7. The number of carbonyl (C=O) groups is 1. The predicted molar refractivity (Wildman–Crippen MR) is 71.5 cm³/mol. The van der Waals surface area contributed by atoms with E-state index in [9.17, 15) is 4.79 Å². The van der Waals surface area contributed by atoms with E-state index in [4.69, 9.17) is 0 Å². The Bertz CT molecular complexity index is 505. The molecule has 0 unspecified atom stereocenters. The minimum atomic E-state index is 0.211. The molecule has 4 heteroatoms. The highest BCUT2D eigenvalue weighted by Crippen LogP contribution is 2.05. The fourth-order valence-corrected chi connectivity index (χ4v) is 1.73. The molecule has 0 radical (unpaired) electrons. The Morgan fingerprint density at radius 1 is 1.33 bits per heavy atom. The van der Waals surface area contributed by atoms with E-state index < -0.39 is 0 Å². The van der Waals surface area contributed by atoms with Crippen molar-refractivity contribution in [2.24, 2.45) is 7.05 Å². The van der Waals surface area contributed by atoms with E-state index in [2.05, 4.69) is 10.4 Å². The molecule has 18 heavy (non-hydrogen) atoms. The zero-order valence-corrected chi connectivity index (χ0v) is 10.5. The number of Topliss-reactive ketones (excluding diaryl/α,β-unsaturated/α-hetero) is 1. The van der Waals surface area contributed by atoms with Crippen molar-refractivity contribution in [3.8, 4) is 0 Å². The molecule has 1 aromatic heterocycles. The molecule has 1 N–H and O–H groups in total. The van der Waals surface area contributed by atoms with Crippen molar-refractivity contribution >= 4 is 11.5 Å². The third-order valence-corrected chi connectivity index (χ3v) is 2.71. The lowest BCUT2D eigenvalue weighted by molar-refractivity contribution is -0.117. The molecule has 0 saturated heterocycles. The van der Waals surface area contributed by atoms with Crippen LogP contribution in [0.5, 0.6) is 0 Å². The van der Waals surface area contributed by atoms with Crippen LogP contribution in [0.25, 0.3) is 0 Å². The zero-order chi connectivity index (χ0) is 12.8. The third-order valence-electron chi connectivity index (χ3n) is 2.71. The lowest BCUT2D eigenvalue weighted by atomic mass is 10.1. The minimum Gasteiger partial charge on any atom is -0.378 e. The van der Waals surface area contributed by atoms with Crippen LogP contribution >= 0.6 is 0 Å². The first-order chi connectivity index (χ1) is 8.74. The van der Waals surface area contributed by atoms with Crippen molar-refractivity contribution in [1.29, 1.82) is 0 Å². The molecule has 0 amide bonds. The average Bonchev–Trinajstić information content (AvgIpc) is 2.81. The maximum absolute atomic E-state index is 11.7. The van der Waals surface area contributed by atoms with Gasteiger partial charge in [0.15, 0.2) is 5.78 Å². The van der Waals surface area contributed by atoms with Crippen LogP contribution in [0, 0.1) is 0 Å². The van der Waals surface area contributed by atoms with E-state index in [-0.39, 0.29) is 5.78 Å². The van der Waals surface area contributed by atoms with Gasteiger partial charge >= 0.3 is 0 Å². The molecule has 0 aliphatic rings. The maximum Gasteiger partial charge on any atom is 0.152 e. The van der Waals surface area contributed by atoms with Crippen molar-refractivity contribution in [2.75, 3.05) is 11.9 Å². The van der Waals surface area contributed by atoms with Gasteiger partial charge in [0.1, 0.15) is 0 Å². The standard InChI is InChI=1S/C14H17N3O/c1-17-11-12(9-16-17)7-8-14(18)10-15-13-5-3-2-4-6-13/h2-6,9,11,15H,7-8,10H2,1H3. The first-order valence-corrected chi connectivity index (χ1v) is 6.02. The summed E-state index contributed by atoms with van der Waals surface area (Å²) >= 11 is 0. The molecule has 4 nitrogen and oxygen atoms in total. The summed E-state index contributed by atoms with van der Waals surface area (Å²) < 4.78 is 1.75. The molecule has 0 spiro atoms. The number of aryl methyl sites for hydroxylation is 2. The third kappa shape index (κ3) is 3.73. The summed E-state index contributed by atoms with van der Waals surface area (Å²) in [4.78, 5) is 11.7. The Morgan fingerprint density at radius 3 is 2.78 bits per heavy atom. The Balaban J connectivity index is 1.73. The van der Waals surface area contributed by atoms with Gasteiger partial charge in [-0.1, -0.05) is 18.2 Å². The van der Waals surface area contributed by atoms with Crippen LogP contribution in [0.3, 0.4) is 0 Å². The summed E-state index contributed by atoms with van der Waals surface area (Å²) in [6.07, 6.45) is 5.05. The van der Waals surface area contributed by atoms with Crippen LogP contribution in [-0.4, -0.2) is 22.1 Å². The van der Waals surface area contributed by atoms with Gasteiger partial charge in [0.25, 0.3) is 0 Å². The Morgan fingerprint density at radius 2 is 2.11 bits per heavy atom. The summed E-state index contributed by atoms with van der Waals surface area (Å²) in [5, 5.41) is 7.19. The molecule has 1 aromatic carbocycles. The lowest BCUT2D eigenvalue weighted by Gasteiger charge is -2.04. The van der Waals surface area contributed by atoms with E-state index in [0.29, 0.717) is 13.0 Å². The van der Waals surface area contributed by atoms with E-state index in [1.165, 1.54) is 0 Å².